The number of aromatic nitrogens is 2. The van der Waals surface area contributed by atoms with Crippen LogP contribution in [0.1, 0.15) is 39.1 Å². The zero-order valence-corrected chi connectivity index (χ0v) is 12.2. The maximum absolute atomic E-state index is 11.5. The zero-order valence-electron chi connectivity index (χ0n) is 11.4. The Morgan fingerprint density at radius 1 is 1.47 bits per heavy atom. The first kappa shape index (κ1) is 14.3. The van der Waals surface area contributed by atoms with E-state index < -0.39 is 15.4 Å². The molecule has 0 saturated carbocycles. The van der Waals surface area contributed by atoms with Gasteiger partial charge in [0.25, 0.3) is 0 Å². The van der Waals surface area contributed by atoms with E-state index in [0.717, 1.165) is 6.54 Å². The molecule has 19 heavy (non-hydrogen) atoms. The number of hydrogen-bond donors (Lipinski definition) is 2. The zero-order chi connectivity index (χ0) is 14.1. The molecule has 0 bridgehead atoms. The molecule has 2 atom stereocenters. The Kier molecular flexibility index (Phi) is 3.82. The third-order valence-electron chi connectivity index (χ3n) is 3.23. The summed E-state index contributed by atoms with van der Waals surface area (Å²) in [7, 11) is -2.96. The predicted octanol–water partition coefficient (Wildman–Crippen LogP) is 0.729. The van der Waals surface area contributed by atoms with Gasteiger partial charge in [-0.05, 0) is 26.8 Å². The quantitative estimate of drug-likeness (QED) is 0.824. The van der Waals surface area contributed by atoms with Crippen LogP contribution in [0.25, 0.3) is 0 Å². The maximum Gasteiger partial charge on any atom is 0.315 e. The van der Waals surface area contributed by atoms with Crippen molar-refractivity contribution in [1.82, 2.24) is 15.5 Å². The molecule has 8 heteroatoms. The van der Waals surface area contributed by atoms with Gasteiger partial charge in [-0.25, -0.2) is 8.42 Å². The van der Waals surface area contributed by atoms with Gasteiger partial charge in [-0.3, -0.25) is 0 Å². The minimum Gasteiger partial charge on any atom is -0.406 e. The Morgan fingerprint density at radius 3 is 2.79 bits per heavy atom. The van der Waals surface area contributed by atoms with Gasteiger partial charge in [-0.15, -0.1) is 5.10 Å². The van der Waals surface area contributed by atoms with Crippen molar-refractivity contribution in [2.75, 3.05) is 23.4 Å². The molecule has 0 aliphatic carbocycles. The fourth-order valence-corrected chi connectivity index (χ4v) is 4.31. The van der Waals surface area contributed by atoms with Crippen LogP contribution in [0.4, 0.5) is 6.01 Å². The van der Waals surface area contributed by atoms with Crippen molar-refractivity contribution in [3.8, 4) is 0 Å². The summed E-state index contributed by atoms with van der Waals surface area (Å²) >= 11 is 0. The monoisotopic (exact) mass is 288 g/mol. The van der Waals surface area contributed by atoms with Crippen LogP contribution in [0.2, 0.25) is 0 Å². The predicted molar refractivity (Wildman–Crippen MR) is 71.7 cm³/mol. The third-order valence-corrected chi connectivity index (χ3v) is 5.14. The smallest absolute Gasteiger partial charge is 0.315 e. The van der Waals surface area contributed by atoms with Crippen molar-refractivity contribution < 1.29 is 12.8 Å². The molecule has 1 fully saturated rings. The lowest BCUT2D eigenvalue weighted by molar-refractivity contribution is 0.420. The first-order valence-corrected chi connectivity index (χ1v) is 8.21. The van der Waals surface area contributed by atoms with E-state index in [-0.39, 0.29) is 23.6 Å². The number of rotatable bonds is 5. The molecular weight excluding hydrogens is 268 g/mol. The lowest BCUT2D eigenvalue weighted by Gasteiger charge is -2.21. The molecule has 0 radical (unpaired) electrons. The Hall–Kier alpha value is -1.15. The fourth-order valence-electron chi connectivity index (χ4n) is 2.22. The van der Waals surface area contributed by atoms with E-state index in [4.69, 9.17) is 4.42 Å². The summed E-state index contributed by atoms with van der Waals surface area (Å²) in [4.78, 5) is 0. The first-order chi connectivity index (χ1) is 8.84. The van der Waals surface area contributed by atoms with Gasteiger partial charge in [0, 0.05) is 0 Å². The molecule has 1 saturated heterocycles. The normalized spacial score (nSPS) is 27.3. The number of nitrogens with one attached hydrogen (secondary N) is 2. The maximum atomic E-state index is 11.5. The molecule has 0 aromatic carbocycles. The van der Waals surface area contributed by atoms with Gasteiger partial charge in [-0.1, -0.05) is 12.0 Å². The highest BCUT2D eigenvalue weighted by molar-refractivity contribution is 7.91. The highest BCUT2D eigenvalue weighted by atomic mass is 32.2. The van der Waals surface area contributed by atoms with Crippen LogP contribution in [0, 0.1) is 0 Å². The number of anilines is 1. The number of sulfone groups is 1. The molecule has 1 aliphatic heterocycles. The van der Waals surface area contributed by atoms with Crippen LogP contribution in [0.5, 0.6) is 0 Å². The van der Waals surface area contributed by atoms with Crippen molar-refractivity contribution in [1.29, 1.82) is 0 Å². The minimum atomic E-state index is -2.96. The van der Waals surface area contributed by atoms with Crippen molar-refractivity contribution in [3.63, 3.8) is 0 Å². The molecule has 7 nitrogen and oxygen atoms in total. The van der Waals surface area contributed by atoms with E-state index in [1.54, 1.807) is 0 Å². The summed E-state index contributed by atoms with van der Waals surface area (Å²) in [5, 5.41) is 14.1. The molecule has 1 aromatic rings. The van der Waals surface area contributed by atoms with Crippen molar-refractivity contribution in [3.05, 3.63) is 5.89 Å². The van der Waals surface area contributed by atoms with Crippen molar-refractivity contribution in [2.24, 2.45) is 0 Å². The van der Waals surface area contributed by atoms with Crippen molar-refractivity contribution in [2.45, 2.75) is 38.8 Å². The van der Waals surface area contributed by atoms with Gasteiger partial charge in [0.05, 0.1) is 23.1 Å². The van der Waals surface area contributed by atoms with E-state index in [9.17, 15) is 8.42 Å². The third kappa shape index (κ3) is 3.44. The average molecular weight is 288 g/mol. The van der Waals surface area contributed by atoms with E-state index >= 15 is 0 Å². The Morgan fingerprint density at radius 2 is 2.21 bits per heavy atom. The van der Waals surface area contributed by atoms with Gasteiger partial charge >= 0.3 is 6.01 Å². The van der Waals surface area contributed by atoms with Gasteiger partial charge in [0.2, 0.25) is 5.89 Å². The van der Waals surface area contributed by atoms with Crippen LogP contribution in [0.15, 0.2) is 4.42 Å². The minimum absolute atomic E-state index is 0.0202. The van der Waals surface area contributed by atoms with E-state index in [1.165, 1.54) is 0 Å². The molecule has 108 valence electrons. The molecule has 2 heterocycles. The molecule has 2 N–H and O–H groups in total. The number of hydrogen-bond acceptors (Lipinski definition) is 7. The first-order valence-electron chi connectivity index (χ1n) is 6.39. The lowest BCUT2D eigenvalue weighted by atomic mass is 10.0. The topological polar surface area (TPSA) is 97.1 Å². The summed E-state index contributed by atoms with van der Waals surface area (Å²) in [6.45, 7) is 6.59. The van der Waals surface area contributed by atoms with Crippen LogP contribution in [-0.2, 0) is 9.84 Å². The van der Waals surface area contributed by atoms with Crippen molar-refractivity contribution >= 4 is 15.9 Å². The standard InChI is InChI=1S/C11H20N4O3S/c1-4-12-8(2)9-14-15-10(18-9)13-11(3)5-6-19(16,17)7-11/h8,12H,4-7H2,1-3H3,(H,13,15). The van der Waals surface area contributed by atoms with Crippen LogP contribution >= 0.6 is 0 Å². The highest BCUT2D eigenvalue weighted by Gasteiger charge is 2.39. The fraction of sp³-hybridized carbons (Fsp3) is 0.818. The summed E-state index contributed by atoms with van der Waals surface area (Å²) < 4.78 is 28.5. The molecule has 0 amide bonds. The molecule has 2 unspecified atom stereocenters. The largest absolute Gasteiger partial charge is 0.406 e. The lowest BCUT2D eigenvalue weighted by Crippen LogP contribution is -2.36. The number of nitrogens with zero attached hydrogens (tertiary/aromatic N) is 2. The van der Waals surface area contributed by atoms with Crippen LogP contribution < -0.4 is 10.6 Å². The van der Waals surface area contributed by atoms with Gasteiger partial charge < -0.3 is 15.1 Å². The summed E-state index contributed by atoms with van der Waals surface area (Å²) in [5.41, 5.74) is -0.524. The summed E-state index contributed by atoms with van der Waals surface area (Å²) in [5.74, 6) is 0.792. The van der Waals surface area contributed by atoms with E-state index in [2.05, 4.69) is 20.8 Å². The average Bonchev–Trinajstić information content (AvgIpc) is 2.84. The molecule has 1 aliphatic rings. The summed E-state index contributed by atoms with van der Waals surface area (Å²) in [6, 6.07) is 0.257. The second-order valence-corrected chi connectivity index (χ2v) is 7.44. The SMILES string of the molecule is CCNC(C)c1nnc(NC2(C)CCS(=O)(=O)C2)o1. The van der Waals surface area contributed by atoms with Gasteiger partial charge in [0.15, 0.2) is 9.84 Å². The Bertz CT molecular complexity index is 542. The van der Waals surface area contributed by atoms with Crippen LogP contribution in [0.3, 0.4) is 0 Å². The Labute approximate surface area is 113 Å². The molecule has 0 spiro atoms. The molecule has 2 rings (SSSR count). The Balaban J connectivity index is 2.04. The molecule has 1 aromatic heterocycles. The summed E-state index contributed by atoms with van der Waals surface area (Å²) in [6.07, 6.45) is 0.551. The second-order valence-electron chi connectivity index (χ2n) is 5.25. The van der Waals surface area contributed by atoms with Gasteiger partial charge in [0.1, 0.15) is 0 Å². The second kappa shape index (κ2) is 5.09. The van der Waals surface area contributed by atoms with E-state index in [0.29, 0.717) is 12.3 Å². The highest BCUT2D eigenvalue weighted by Crippen LogP contribution is 2.27. The van der Waals surface area contributed by atoms with Gasteiger partial charge in [-0.2, -0.15) is 0 Å². The van der Waals surface area contributed by atoms with Crippen LogP contribution in [-0.4, -0.2) is 42.2 Å². The van der Waals surface area contributed by atoms with E-state index in [1.807, 2.05) is 20.8 Å². The molecular formula is C11H20N4O3S.